The van der Waals surface area contributed by atoms with Crippen LogP contribution in [-0.4, -0.2) is 23.4 Å². The van der Waals surface area contributed by atoms with Gasteiger partial charge < -0.3 is 10.1 Å². The summed E-state index contributed by atoms with van der Waals surface area (Å²) in [4.78, 5) is 33.7. The van der Waals surface area contributed by atoms with E-state index in [0.29, 0.717) is 10.7 Å². The molecule has 1 N–H and O–H groups in total. The first-order valence-electron chi connectivity index (χ1n) is 6.53. The van der Waals surface area contributed by atoms with Crippen molar-refractivity contribution in [2.24, 2.45) is 0 Å². The van der Waals surface area contributed by atoms with Crippen molar-refractivity contribution in [3.63, 3.8) is 0 Å². The Balaban J connectivity index is 1.99. The van der Waals surface area contributed by atoms with Crippen LogP contribution in [0.3, 0.4) is 0 Å². The van der Waals surface area contributed by atoms with Crippen molar-refractivity contribution in [3.05, 3.63) is 68.2 Å². The minimum atomic E-state index is -0.940. The molecule has 0 heterocycles. The number of ether oxygens (including phenoxy) is 1. The van der Waals surface area contributed by atoms with Gasteiger partial charge in [-0.05, 0) is 24.3 Å². The molecule has 24 heavy (non-hydrogen) atoms. The van der Waals surface area contributed by atoms with E-state index in [0.717, 1.165) is 12.1 Å². The molecule has 1 amide bonds. The van der Waals surface area contributed by atoms with Gasteiger partial charge in [0.15, 0.2) is 6.61 Å². The van der Waals surface area contributed by atoms with E-state index in [-0.39, 0.29) is 16.3 Å². The molecule has 0 bridgehead atoms. The predicted octanol–water partition coefficient (Wildman–Crippen LogP) is 3.70. The second-order valence-electron chi connectivity index (χ2n) is 4.56. The second kappa shape index (κ2) is 7.76. The second-order valence-corrected chi connectivity index (χ2v) is 5.40. The average molecular weight is 369 g/mol. The van der Waals surface area contributed by atoms with Gasteiger partial charge in [-0.15, -0.1) is 0 Å². The maximum Gasteiger partial charge on any atom is 0.340 e. The van der Waals surface area contributed by atoms with Gasteiger partial charge in [-0.1, -0.05) is 29.3 Å². The molecule has 2 aromatic carbocycles. The van der Waals surface area contributed by atoms with E-state index < -0.39 is 23.4 Å². The van der Waals surface area contributed by atoms with Gasteiger partial charge in [0.05, 0.1) is 15.5 Å². The summed E-state index contributed by atoms with van der Waals surface area (Å²) in [7, 11) is 0. The molecule has 7 nitrogen and oxygen atoms in total. The highest BCUT2D eigenvalue weighted by Gasteiger charge is 2.18. The highest BCUT2D eigenvalue weighted by atomic mass is 35.5. The first-order chi connectivity index (χ1) is 11.4. The molecule has 0 atom stereocenters. The zero-order valence-corrected chi connectivity index (χ0v) is 13.5. The summed E-state index contributed by atoms with van der Waals surface area (Å²) in [6.45, 7) is -0.579. The number of amides is 1. The summed E-state index contributed by atoms with van der Waals surface area (Å²) >= 11 is 11.6. The number of halogens is 2. The Morgan fingerprint density at radius 2 is 1.92 bits per heavy atom. The molecule has 0 radical (unpaired) electrons. The molecule has 0 fully saturated rings. The summed E-state index contributed by atoms with van der Waals surface area (Å²) in [5, 5.41) is 13.6. The fourth-order valence-electron chi connectivity index (χ4n) is 1.76. The van der Waals surface area contributed by atoms with E-state index >= 15 is 0 Å². The Hall–Kier alpha value is -2.64. The fraction of sp³-hybridized carbons (Fsp3) is 0.0667. The number of hydrogen-bond donors (Lipinski definition) is 1. The number of benzene rings is 2. The molecule has 0 aromatic heterocycles. The van der Waals surface area contributed by atoms with Crippen LogP contribution < -0.4 is 5.32 Å². The lowest BCUT2D eigenvalue weighted by atomic mass is 10.2. The Morgan fingerprint density at radius 1 is 1.17 bits per heavy atom. The molecular weight excluding hydrogens is 359 g/mol. The Bertz CT molecular complexity index is 810. The zero-order valence-electron chi connectivity index (χ0n) is 12.0. The van der Waals surface area contributed by atoms with Gasteiger partial charge in [-0.25, -0.2) is 4.79 Å². The van der Waals surface area contributed by atoms with Gasteiger partial charge >= 0.3 is 5.97 Å². The van der Waals surface area contributed by atoms with Crippen LogP contribution in [-0.2, 0) is 9.53 Å². The zero-order chi connectivity index (χ0) is 17.7. The van der Waals surface area contributed by atoms with E-state index in [1.807, 2.05) is 0 Å². The van der Waals surface area contributed by atoms with Crippen molar-refractivity contribution in [3.8, 4) is 0 Å². The van der Waals surface area contributed by atoms with E-state index in [4.69, 9.17) is 27.9 Å². The number of nitro benzene ring substituents is 1. The highest BCUT2D eigenvalue weighted by Crippen LogP contribution is 2.22. The molecule has 0 saturated carbocycles. The molecule has 0 aliphatic heterocycles. The van der Waals surface area contributed by atoms with Crippen LogP contribution in [0.5, 0.6) is 0 Å². The summed E-state index contributed by atoms with van der Waals surface area (Å²) < 4.78 is 4.82. The van der Waals surface area contributed by atoms with Gasteiger partial charge in [0.25, 0.3) is 11.6 Å². The van der Waals surface area contributed by atoms with Crippen molar-refractivity contribution in [2.75, 3.05) is 11.9 Å². The SMILES string of the molecule is O=C(COC(=O)c1cc([N+](=O)[O-])ccc1Cl)Nc1cccc(Cl)c1. The third kappa shape index (κ3) is 4.68. The van der Waals surface area contributed by atoms with E-state index in [1.165, 1.54) is 12.1 Å². The normalized spacial score (nSPS) is 10.1. The number of non-ortho nitro benzene ring substituents is 1. The van der Waals surface area contributed by atoms with Gasteiger partial charge in [0.2, 0.25) is 0 Å². The van der Waals surface area contributed by atoms with Crippen molar-refractivity contribution in [2.45, 2.75) is 0 Å². The minimum Gasteiger partial charge on any atom is -0.452 e. The van der Waals surface area contributed by atoms with Crippen LogP contribution in [0.1, 0.15) is 10.4 Å². The maximum absolute atomic E-state index is 11.9. The number of anilines is 1. The number of hydrogen-bond acceptors (Lipinski definition) is 5. The maximum atomic E-state index is 11.9. The van der Waals surface area contributed by atoms with Crippen LogP contribution in [0.25, 0.3) is 0 Å². The standard InChI is InChI=1S/C15H10Cl2N2O5/c16-9-2-1-3-10(6-9)18-14(20)8-24-15(21)12-7-11(19(22)23)4-5-13(12)17/h1-7H,8H2,(H,18,20). The molecule has 0 saturated heterocycles. The molecule has 0 unspecified atom stereocenters. The van der Waals surface area contributed by atoms with Crippen LogP contribution in [0.4, 0.5) is 11.4 Å². The third-order valence-corrected chi connectivity index (χ3v) is 3.39. The number of nitrogens with one attached hydrogen (secondary N) is 1. The van der Waals surface area contributed by atoms with Crippen LogP contribution in [0.2, 0.25) is 10.0 Å². The monoisotopic (exact) mass is 368 g/mol. The quantitative estimate of drug-likeness (QED) is 0.492. The number of nitrogens with zero attached hydrogens (tertiary/aromatic N) is 1. The average Bonchev–Trinajstić information content (AvgIpc) is 2.52. The first kappa shape index (κ1) is 17.7. The lowest BCUT2D eigenvalue weighted by molar-refractivity contribution is -0.384. The topological polar surface area (TPSA) is 98.5 Å². The van der Waals surface area contributed by atoms with Crippen molar-refractivity contribution in [1.29, 1.82) is 0 Å². The van der Waals surface area contributed by atoms with Gasteiger partial charge in [0, 0.05) is 22.8 Å². The largest absolute Gasteiger partial charge is 0.452 e. The molecule has 2 aromatic rings. The van der Waals surface area contributed by atoms with E-state index in [9.17, 15) is 19.7 Å². The third-order valence-electron chi connectivity index (χ3n) is 2.82. The van der Waals surface area contributed by atoms with Crippen molar-refractivity contribution < 1.29 is 19.2 Å². The Labute approximate surface area is 146 Å². The number of esters is 1. The molecule has 0 aliphatic carbocycles. The van der Waals surface area contributed by atoms with Crippen LogP contribution in [0.15, 0.2) is 42.5 Å². The number of nitro groups is 1. The number of rotatable bonds is 5. The summed E-state index contributed by atoms with van der Waals surface area (Å²) in [6, 6.07) is 9.78. The molecule has 2 rings (SSSR count). The summed E-state index contributed by atoms with van der Waals surface area (Å²) in [5.41, 5.74) is -0.0620. The molecule has 0 aliphatic rings. The lowest BCUT2D eigenvalue weighted by Crippen LogP contribution is -2.21. The van der Waals surface area contributed by atoms with Crippen molar-refractivity contribution >= 4 is 46.5 Å². The fourth-order valence-corrected chi connectivity index (χ4v) is 2.14. The smallest absolute Gasteiger partial charge is 0.340 e. The van der Waals surface area contributed by atoms with Gasteiger partial charge in [-0.3, -0.25) is 14.9 Å². The number of carbonyl (C=O) groups excluding carboxylic acids is 2. The summed E-state index contributed by atoms with van der Waals surface area (Å²) in [5.74, 6) is -1.53. The minimum absolute atomic E-state index is 0.0131. The first-order valence-corrected chi connectivity index (χ1v) is 7.29. The molecule has 0 spiro atoms. The van der Waals surface area contributed by atoms with Crippen molar-refractivity contribution in [1.82, 2.24) is 0 Å². The molecular formula is C15H10Cl2N2O5. The van der Waals surface area contributed by atoms with Crippen LogP contribution >= 0.6 is 23.2 Å². The van der Waals surface area contributed by atoms with Crippen LogP contribution in [0, 0.1) is 10.1 Å². The lowest BCUT2D eigenvalue weighted by Gasteiger charge is -2.07. The summed E-state index contributed by atoms with van der Waals surface area (Å²) in [6.07, 6.45) is 0. The Morgan fingerprint density at radius 3 is 2.58 bits per heavy atom. The Kier molecular flexibility index (Phi) is 5.73. The number of carbonyl (C=O) groups is 2. The van der Waals surface area contributed by atoms with Gasteiger partial charge in [0.1, 0.15) is 0 Å². The molecule has 124 valence electrons. The highest BCUT2D eigenvalue weighted by molar-refractivity contribution is 6.33. The molecule has 9 heteroatoms. The van der Waals surface area contributed by atoms with E-state index in [1.54, 1.807) is 18.2 Å². The van der Waals surface area contributed by atoms with E-state index in [2.05, 4.69) is 5.32 Å². The van der Waals surface area contributed by atoms with Gasteiger partial charge in [-0.2, -0.15) is 0 Å². The predicted molar refractivity (Wildman–Crippen MR) is 88.5 cm³/mol.